The van der Waals surface area contributed by atoms with Crippen LogP contribution in [0.2, 0.25) is 0 Å². The van der Waals surface area contributed by atoms with Gasteiger partial charge >= 0.3 is 12.1 Å². The molecule has 0 aromatic heterocycles. The lowest BCUT2D eigenvalue weighted by Crippen LogP contribution is -2.47. The summed E-state index contributed by atoms with van der Waals surface area (Å²) in [6.45, 7) is 9.93. The van der Waals surface area contributed by atoms with Crippen LogP contribution < -0.4 is 0 Å². The Morgan fingerprint density at radius 2 is 1.84 bits per heavy atom. The summed E-state index contributed by atoms with van der Waals surface area (Å²) in [6, 6.07) is -0.379. The van der Waals surface area contributed by atoms with E-state index in [4.69, 9.17) is 9.47 Å². The monoisotopic (exact) mass is 460 g/mol. The normalized spacial score (nSPS) is 23.5. The van der Waals surface area contributed by atoms with E-state index in [1.165, 1.54) is 9.80 Å². The number of likely N-dealkylation sites (tertiary alicyclic amines) is 1. The average molecular weight is 461 g/mol. The number of carbonyl (C=O) groups is 3. The lowest BCUT2D eigenvalue weighted by molar-refractivity contribution is -0.157. The van der Waals surface area contributed by atoms with Crippen molar-refractivity contribution in [3.05, 3.63) is 0 Å². The maximum Gasteiger partial charge on any atom is 0.410 e. The number of carbonyl (C=O) groups excluding carboxylic acids is 3. The van der Waals surface area contributed by atoms with Gasteiger partial charge in [-0.15, -0.1) is 0 Å². The standard InChI is InChI=1S/C21H36N2O7S/c1-15(2)11-23(17-8-10-31(27,28)14-17)18(24)13-29-19(25)16-7-6-9-22(12-16)20(26)30-21(3,4)5/h15-17H,6-14H2,1-5H3. The minimum atomic E-state index is -3.14. The molecule has 2 fully saturated rings. The van der Waals surface area contributed by atoms with Gasteiger partial charge in [-0.1, -0.05) is 13.8 Å². The fourth-order valence-electron chi connectivity index (χ4n) is 3.86. The molecule has 9 nitrogen and oxygen atoms in total. The van der Waals surface area contributed by atoms with Gasteiger partial charge in [0, 0.05) is 25.7 Å². The third-order valence-corrected chi connectivity index (χ3v) is 7.03. The fourth-order valence-corrected chi connectivity index (χ4v) is 5.60. The first-order valence-electron chi connectivity index (χ1n) is 10.9. The first-order valence-corrected chi connectivity index (χ1v) is 12.7. The van der Waals surface area contributed by atoms with Crippen molar-refractivity contribution in [1.82, 2.24) is 9.80 Å². The van der Waals surface area contributed by atoms with Crippen LogP contribution in [0.3, 0.4) is 0 Å². The van der Waals surface area contributed by atoms with E-state index in [1.54, 1.807) is 20.8 Å². The Morgan fingerprint density at radius 3 is 2.39 bits per heavy atom. The second kappa shape index (κ2) is 10.2. The van der Waals surface area contributed by atoms with Gasteiger partial charge in [0.15, 0.2) is 16.4 Å². The van der Waals surface area contributed by atoms with E-state index in [9.17, 15) is 22.8 Å². The number of hydrogen-bond acceptors (Lipinski definition) is 7. The average Bonchev–Trinajstić information content (AvgIpc) is 3.02. The van der Waals surface area contributed by atoms with Gasteiger partial charge in [0.1, 0.15) is 5.60 Å². The van der Waals surface area contributed by atoms with Crippen LogP contribution >= 0.6 is 0 Å². The van der Waals surface area contributed by atoms with E-state index in [-0.39, 0.29) is 35.9 Å². The van der Waals surface area contributed by atoms with E-state index in [1.807, 2.05) is 13.8 Å². The summed E-state index contributed by atoms with van der Waals surface area (Å²) in [7, 11) is -3.14. The molecule has 0 spiro atoms. The third kappa shape index (κ3) is 7.97. The Balaban J connectivity index is 1.92. The van der Waals surface area contributed by atoms with E-state index in [0.717, 1.165) is 0 Å². The van der Waals surface area contributed by atoms with E-state index >= 15 is 0 Å². The Hall–Kier alpha value is -1.84. The van der Waals surface area contributed by atoms with Crippen molar-refractivity contribution in [3.63, 3.8) is 0 Å². The molecule has 0 N–H and O–H groups in total. The van der Waals surface area contributed by atoms with Crippen LogP contribution in [0, 0.1) is 11.8 Å². The zero-order valence-electron chi connectivity index (χ0n) is 19.3. The van der Waals surface area contributed by atoms with Crippen LogP contribution in [0.1, 0.15) is 53.9 Å². The van der Waals surface area contributed by atoms with Crippen LogP contribution in [-0.4, -0.2) is 85.6 Å². The van der Waals surface area contributed by atoms with Crippen LogP contribution in [0.15, 0.2) is 0 Å². The van der Waals surface area contributed by atoms with E-state index < -0.39 is 40.0 Å². The predicted molar refractivity (Wildman–Crippen MR) is 115 cm³/mol. The number of nitrogens with zero attached hydrogens (tertiary/aromatic N) is 2. The second-order valence-corrected chi connectivity index (χ2v) is 12.1. The maximum absolute atomic E-state index is 12.8. The number of piperidine rings is 1. The number of hydrogen-bond donors (Lipinski definition) is 0. The minimum Gasteiger partial charge on any atom is -0.455 e. The molecule has 2 aliphatic rings. The van der Waals surface area contributed by atoms with Gasteiger partial charge in [0.05, 0.1) is 17.4 Å². The highest BCUT2D eigenvalue weighted by molar-refractivity contribution is 7.91. The Labute approximate surface area is 185 Å². The number of sulfone groups is 1. The maximum atomic E-state index is 12.8. The SMILES string of the molecule is CC(C)CN(C(=O)COC(=O)C1CCCN(C(=O)OC(C)(C)C)C1)C1CCS(=O)(=O)C1. The number of ether oxygens (including phenoxy) is 2. The quantitative estimate of drug-likeness (QED) is 0.556. The smallest absolute Gasteiger partial charge is 0.410 e. The van der Waals surface area contributed by atoms with Gasteiger partial charge in [-0.2, -0.15) is 0 Å². The molecule has 2 amide bonds. The van der Waals surface area contributed by atoms with Crippen LogP contribution in [0.4, 0.5) is 4.79 Å². The molecule has 0 radical (unpaired) electrons. The molecule has 0 bridgehead atoms. The zero-order valence-corrected chi connectivity index (χ0v) is 20.1. The molecule has 178 valence electrons. The minimum absolute atomic E-state index is 0.0487. The molecule has 2 heterocycles. The summed E-state index contributed by atoms with van der Waals surface area (Å²) in [6.07, 6.45) is 1.16. The molecule has 31 heavy (non-hydrogen) atoms. The molecule has 2 rings (SSSR count). The molecular weight excluding hydrogens is 424 g/mol. The summed E-state index contributed by atoms with van der Waals surface area (Å²) in [5.74, 6) is -1.24. The van der Waals surface area contributed by atoms with Crippen molar-refractivity contribution in [2.45, 2.75) is 65.5 Å². The largest absolute Gasteiger partial charge is 0.455 e. The van der Waals surface area contributed by atoms with E-state index in [2.05, 4.69) is 0 Å². The molecular formula is C21H36N2O7S. The lowest BCUT2D eigenvalue weighted by atomic mass is 9.98. The molecule has 10 heteroatoms. The van der Waals surface area contributed by atoms with Gasteiger partial charge in [-0.05, 0) is 46.0 Å². The Kier molecular flexibility index (Phi) is 8.35. The van der Waals surface area contributed by atoms with Crippen molar-refractivity contribution in [2.24, 2.45) is 11.8 Å². The van der Waals surface area contributed by atoms with Crippen molar-refractivity contribution in [1.29, 1.82) is 0 Å². The zero-order chi connectivity index (χ0) is 23.4. The summed E-state index contributed by atoms with van der Waals surface area (Å²) < 4.78 is 34.3. The first-order chi connectivity index (χ1) is 14.3. The molecule has 2 aliphatic heterocycles. The topological polar surface area (TPSA) is 110 Å². The summed E-state index contributed by atoms with van der Waals surface area (Å²) in [5, 5.41) is 0. The number of esters is 1. The van der Waals surface area contributed by atoms with Gasteiger partial charge < -0.3 is 19.3 Å². The number of amides is 2. The molecule has 2 atom stereocenters. The van der Waals surface area contributed by atoms with Crippen LogP contribution in [-0.2, 0) is 28.9 Å². The highest BCUT2D eigenvalue weighted by atomic mass is 32.2. The van der Waals surface area contributed by atoms with Gasteiger partial charge in [0.25, 0.3) is 5.91 Å². The van der Waals surface area contributed by atoms with Crippen molar-refractivity contribution in [3.8, 4) is 0 Å². The highest BCUT2D eigenvalue weighted by Crippen LogP contribution is 2.22. The van der Waals surface area contributed by atoms with Crippen LogP contribution in [0.5, 0.6) is 0 Å². The number of rotatable bonds is 6. The predicted octanol–water partition coefficient (Wildman–Crippen LogP) is 1.85. The van der Waals surface area contributed by atoms with Gasteiger partial charge in [-0.3, -0.25) is 9.59 Å². The molecule has 2 saturated heterocycles. The molecule has 0 aliphatic carbocycles. The van der Waals surface area contributed by atoms with Gasteiger partial charge in [0.2, 0.25) is 0 Å². The summed E-state index contributed by atoms with van der Waals surface area (Å²) in [4.78, 5) is 40.6. The summed E-state index contributed by atoms with van der Waals surface area (Å²) >= 11 is 0. The van der Waals surface area contributed by atoms with Crippen molar-refractivity contribution >= 4 is 27.8 Å². The fraction of sp³-hybridized carbons (Fsp3) is 0.857. The van der Waals surface area contributed by atoms with Gasteiger partial charge in [-0.25, -0.2) is 13.2 Å². The summed E-state index contributed by atoms with van der Waals surface area (Å²) in [5.41, 5.74) is -0.620. The Morgan fingerprint density at radius 1 is 1.16 bits per heavy atom. The molecule has 0 aromatic carbocycles. The second-order valence-electron chi connectivity index (χ2n) is 9.87. The molecule has 0 saturated carbocycles. The molecule has 2 unspecified atom stereocenters. The Bertz CT molecular complexity index is 773. The third-order valence-electron chi connectivity index (χ3n) is 5.28. The first kappa shape index (κ1) is 25.4. The lowest BCUT2D eigenvalue weighted by Gasteiger charge is -2.33. The molecule has 0 aromatic rings. The highest BCUT2D eigenvalue weighted by Gasteiger charge is 2.36. The van der Waals surface area contributed by atoms with E-state index in [0.29, 0.717) is 32.4 Å². The van der Waals surface area contributed by atoms with Crippen molar-refractivity contribution in [2.75, 3.05) is 37.7 Å². The van der Waals surface area contributed by atoms with Crippen molar-refractivity contribution < 1.29 is 32.3 Å². The van der Waals surface area contributed by atoms with Crippen LogP contribution in [0.25, 0.3) is 0 Å².